The molecule has 0 aromatic carbocycles. The second kappa shape index (κ2) is 4.47. The highest BCUT2D eigenvalue weighted by Crippen LogP contribution is 2.40. The van der Waals surface area contributed by atoms with Crippen LogP contribution in [0.5, 0.6) is 0 Å². The lowest BCUT2D eigenvalue weighted by Gasteiger charge is -2.31. The van der Waals surface area contributed by atoms with Gasteiger partial charge in [-0.1, -0.05) is 20.3 Å². The van der Waals surface area contributed by atoms with Crippen molar-refractivity contribution >= 4 is 12.2 Å². The lowest BCUT2D eigenvalue weighted by Crippen LogP contribution is -2.22. The molecular weight excluding hydrogens is 206 g/mol. The maximum Gasteiger partial charge on any atom is 0.195 e. The largest absolute Gasteiger partial charge is 0.304 e. The average molecular weight is 225 g/mol. The summed E-state index contributed by atoms with van der Waals surface area (Å²) in [5.41, 5.74) is 0. The molecule has 1 N–H and O–H groups in total. The van der Waals surface area contributed by atoms with E-state index in [1.54, 1.807) is 0 Å². The Kier molecular flexibility index (Phi) is 3.24. The summed E-state index contributed by atoms with van der Waals surface area (Å²) >= 11 is 5.25. The smallest absolute Gasteiger partial charge is 0.195 e. The van der Waals surface area contributed by atoms with Gasteiger partial charge >= 0.3 is 0 Å². The first kappa shape index (κ1) is 10.9. The Morgan fingerprint density at radius 1 is 1.53 bits per heavy atom. The van der Waals surface area contributed by atoms with Crippen LogP contribution in [0.25, 0.3) is 0 Å². The fourth-order valence-corrected chi connectivity index (χ4v) is 2.52. The van der Waals surface area contributed by atoms with Gasteiger partial charge in [-0.3, -0.25) is 5.10 Å². The maximum absolute atomic E-state index is 5.25. The zero-order chi connectivity index (χ0) is 10.8. The zero-order valence-corrected chi connectivity index (χ0v) is 10.3. The Labute approximate surface area is 95.9 Å². The van der Waals surface area contributed by atoms with Crippen molar-refractivity contribution in [3.8, 4) is 0 Å². The molecule has 1 aromatic heterocycles. The molecule has 1 aliphatic carbocycles. The minimum absolute atomic E-state index is 0.643. The molecule has 15 heavy (non-hydrogen) atoms. The monoisotopic (exact) mass is 225 g/mol. The third-order valence-electron chi connectivity index (χ3n) is 3.26. The van der Waals surface area contributed by atoms with Crippen LogP contribution in [0.2, 0.25) is 0 Å². The van der Waals surface area contributed by atoms with Gasteiger partial charge in [0.1, 0.15) is 5.82 Å². The van der Waals surface area contributed by atoms with Crippen molar-refractivity contribution in [2.75, 3.05) is 0 Å². The van der Waals surface area contributed by atoms with Crippen molar-refractivity contribution in [3.05, 3.63) is 10.6 Å². The molecule has 1 heterocycles. The summed E-state index contributed by atoms with van der Waals surface area (Å²) in [4.78, 5) is 0. The fourth-order valence-electron chi connectivity index (χ4n) is 2.29. The highest BCUT2D eigenvalue weighted by atomic mass is 32.1. The van der Waals surface area contributed by atoms with Crippen LogP contribution in [0, 0.1) is 10.7 Å². The summed E-state index contributed by atoms with van der Waals surface area (Å²) in [5.74, 6) is 2.69. The van der Waals surface area contributed by atoms with Gasteiger partial charge in [-0.05, 0) is 37.4 Å². The van der Waals surface area contributed by atoms with Crippen molar-refractivity contribution in [1.82, 2.24) is 14.8 Å². The lowest BCUT2D eigenvalue weighted by atomic mass is 9.75. The number of unbranched alkanes of at least 4 members (excludes halogenated alkanes) is 1. The highest BCUT2D eigenvalue weighted by molar-refractivity contribution is 7.71. The van der Waals surface area contributed by atoms with Crippen molar-refractivity contribution in [1.29, 1.82) is 0 Å². The van der Waals surface area contributed by atoms with E-state index in [0.29, 0.717) is 5.92 Å². The van der Waals surface area contributed by atoms with Gasteiger partial charge < -0.3 is 4.57 Å². The van der Waals surface area contributed by atoms with Crippen LogP contribution in [0.3, 0.4) is 0 Å². The number of hydrogen-bond acceptors (Lipinski definition) is 2. The third kappa shape index (κ3) is 2.14. The summed E-state index contributed by atoms with van der Waals surface area (Å²) in [7, 11) is 0. The molecule has 1 fully saturated rings. The van der Waals surface area contributed by atoms with Gasteiger partial charge in [-0.2, -0.15) is 5.10 Å². The summed E-state index contributed by atoms with van der Waals surface area (Å²) in [6.07, 6.45) is 4.92. The average Bonchev–Trinajstić information content (AvgIpc) is 2.52. The summed E-state index contributed by atoms with van der Waals surface area (Å²) < 4.78 is 2.98. The topological polar surface area (TPSA) is 33.6 Å². The second-order valence-corrected chi connectivity index (χ2v) is 5.05. The van der Waals surface area contributed by atoms with E-state index in [1.807, 2.05) is 0 Å². The SMILES string of the molecule is CCCCn1c(C2CC(C)C2)n[nH]c1=S. The van der Waals surface area contributed by atoms with E-state index in [9.17, 15) is 0 Å². The predicted octanol–water partition coefficient (Wildman–Crippen LogP) is 3.25. The minimum Gasteiger partial charge on any atom is -0.304 e. The van der Waals surface area contributed by atoms with Crippen LogP contribution in [-0.2, 0) is 6.54 Å². The molecule has 1 aliphatic rings. The van der Waals surface area contributed by atoms with Crippen LogP contribution < -0.4 is 0 Å². The van der Waals surface area contributed by atoms with Crippen molar-refractivity contribution in [2.45, 2.75) is 52.0 Å². The Morgan fingerprint density at radius 2 is 2.27 bits per heavy atom. The molecule has 4 heteroatoms. The lowest BCUT2D eigenvalue weighted by molar-refractivity contribution is 0.270. The zero-order valence-electron chi connectivity index (χ0n) is 9.49. The molecule has 0 unspecified atom stereocenters. The first-order valence-corrected chi connectivity index (χ1v) is 6.28. The Hall–Kier alpha value is -0.640. The molecular formula is C11H19N3S. The summed E-state index contributed by atoms with van der Waals surface area (Å²) in [6.45, 7) is 5.52. The molecule has 1 aromatic rings. The molecule has 0 saturated heterocycles. The molecule has 0 radical (unpaired) electrons. The maximum atomic E-state index is 5.25. The Morgan fingerprint density at radius 3 is 2.87 bits per heavy atom. The fraction of sp³-hybridized carbons (Fsp3) is 0.818. The number of hydrogen-bond donors (Lipinski definition) is 1. The van der Waals surface area contributed by atoms with E-state index < -0.39 is 0 Å². The van der Waals surface area contributed by atoms with Crippen LogP contribution in [0.15, 0.2) is 0 Å². The molecule has 3 nitrogen and oxygen atoms in total. The molecule has 0 aliphatic heterocycles. The van der Waals surface area contributed by atoms with Crippen LogP contribution in [-0.4, -0.2) is 14.8 Å². The highest BCUT2D eigenvalue weighted by Gasteiger charge is 2.30. The molecule has 0 spiro atoms. The minimum atomic E-state index is 0.643. The van der Waals surface area contributed by atoms with E-state index in [1.165, 1.54) is 31.5 Å². The second-order valence-electron chi connectivity index (χ2n) is 4.67. The van der Waals surface area contributed by atoms with Crippen LogP contribution >= 0.6 is 12.2 Å². The van der Waals surface area contributed by atoms with Crippen LogP contribution in [0.4, 0.5) is 0 Å². The number of aromatic nitrogens is 3. The first-order valence-electron chi connectivity index (χ1n) is 5.87. The summed E-state index contributed by atoms with van der Waals surface area (Å²) in [6, 6.07) is 0. The first-order chi connectivity index (χ1) is 7.22. The van der Waals surface area contributed by atoms with Gasteiger partial charge in [0.2, 0.25) is 0 Å². The van der Waals surface area contributed by atoms with Crippen molar-refractivity contribution < 1.29 is 0 Å². The normalized spacial score (nSPS) is 25.2. The van der Waals surface area contributed by atoms with Crippen molar-refractivity contribution in [3.63, 3.8) is 0 Å². The van der Waals surface area contributed by atoms with Gasteiger partial charge in [0.05, 0.1) is 0 Å². The van der Waals surface area contributed by atoms with E-state index in [4.69, 9.17) is 12.2 Å². The standard InChI is InChI=1S/C11H19N3S/c1-3-4-5-14-10(12-13-11(14)15)9-6-8(2)7-9/h8-9H,3-7H2,1-2H3,(H,13,15). The number of aromatic amines is 1. The van der Waals surface area contributed by atoms with E-state index in [2.05, 4.69) is 28.6 Å². The van der Waals surface area contributed by atoms with Gasteiger partial charge in [0.15, 0.2) is 4.77 Å². The number of nitrogens with zero attached hydrogens (tertiary/aromatic N) is 2. The number of rotatable bonds is 4. The number of nitrogens with one attached hydrogen (secondary N) is 1. The quantitative estimate of drug-likeness (QED) is 0.798. The van der Waals surface area contributed by atoms with Gasteiger partial charge in [0.25, 0.3) is 0 Å². The molecule has 84 valence electrons. The molecule has 2 rings (SSSR count). The van der Waals surface area contributed by atoms with E-state index >= 15 is 0 Å². The number of H-pyrrole nitrogens is 1. The van der Waals surface area contributed by atoms with E-state index in [-0.39, 0.29) is 0 Å². The van der Waals surface area contributed by atoms with Gasteiger partial charge in [-0.25, -0.2) is 0 Å². The van der Waals surface area contributed by atoms with Crippen molar-refractivity contribution in [2.24, 2.45) is 5.92 Å². The molecule has 0 bridgehead atoms. The van der Waals surface area contributed by atoms with Gasteiger partial charge in [0, 0.05) is 12.5 Å². The molecule has 0 atom stereocenters. The third-order valence-corrected chi connectivity index (χ3v) is 3.57. The van der Waals surface area contributed by atoms with Gasteiger partial charge in [-0.15, -0.1) is 0 Å². The Balaban J connectivity index is 2.13. The summed E-state index contributed by atoms with van der Waals surface area (Å²) in [5, 5.41) is 7.30. The molecule has 0 amide bonds. The molecule has 1 saturated carbocycles. The predicted molar refractivity (Wildman–Crippen MR) is 63.5 cm³/mol. The Bertz CT molecular complexity index is 373. The van der Waals surface area contributed by atoms with E-state index in [0.717, 1.165) is 17.2 Å². The van der Waals surface area contributed by atoms with Crippen LogP contribution in [0.1, 0.15) is 51.3 Å².